The van der Waals surface area contributed by atoms with Gasteiger partial charge in [-0.1, -0.05) is 20.8 Å². The fourth-order valence-electron chi connectivity index (χ4n) is 1.95. The third-order valence-corrected chi connectivity index (χ3v) is 3.20. The average Bonchev–Trinajstić information content (AvgIpc) is 2.63. The van der Waals surface area contributed by atoms with Crippen molar-refractivity contribution in [1.29, 1.82) is 0 Å². The fourth-order valence-corrected chi connectivity index (χ4v) is 1.95. The molecule has 0 aliphatic heterocycles. The van der Waals surface area contributed by atoms with Crippen LogP contribution < -0.4 is 20.1 Å². The number of nitrogens with one attached hydrogen (secondary N) is 2. The lowest BCUT2D eigenvalue weighted by Crippen LogP contribution is -2.42. The van der Waals surface area contributed by atoms with Crippen LogP contribution in [0.5, 0.6) is 11.5 Å². The van der Waals surface area contributed by atoms with Gasteiger partial charge in [0.25, 0.3) is 5.91 Å². The van der Waals surface area contributed by atoms with E-state index in [0.29, 0.717) is 31.3 Å². The minimum absolute atomic E-state index is 0.222. The number of imide groups is 1. The van der Waals surface area contributed by atoms with Gasteiger partial charge in [0, 0.05) is 6.54 Å². The summed E-state index contributed by atoms with van der Waals surface area (Å²) in [5, 5.41) is 4.63. The predicted octanol–water partition coefficient (Wildman–Crippen LogP) is 2.51. The molecule has 8 nitrogen and oxygen atoms in total. The van der Waals surface area contributed by atoms with E-state index in [1.807, 2.05) is 27.7 Å². The number of urea groups is 1. The number of ether oxygens (including phenoxy) is 3. The molecule has 3 amide bonds. The van der Waals surface area contributed by atoms with E-state index in [-0.39, 0.29) is 11.5 Å². The Kier molecular flexibility index (Phi) is 9.71. The standard InChI is InChI=1S/C19H28N2O6/c1-5-9-26-15-8-7-14(10-16(15)25-6-2)18(23)27-12-17(22)21-19(24)20-11-13(3)4/h7-8,10,13H,5-6,9,11-12H2,1-4H3,(H2,20,21,22,24). The van der Waals surface area contributed by atoms with Crippen molar-refractivity contribution in [1.82, 2.24) is 10.6 Å². The molecule has 0 heterocycles. The zero-order chi connectivity index (χ0) is 20.2. The number of esters is 1. The van der Waals surface area contributed by atoms with Gasteiger partial charge in [-0.3, -0.25) is 10.1 Å². The van der Waals surface area contributed by atoms with Gasteiger partial charge in [0.2, 0.25) is 0 Å². The zero-order valence-electron chi connectivity index (χ0n) is 16.3. The van der Waals surface area contributed by atoms with Gasteiger partial charge >= 0.3 is 12.0 Å². The topological polar surface area (TPSA) is 103 Å². The average molecular weight is 380 g/mol. The van der Waals surface area contributed by atoms with Crippen LogP contribution in [0, 0.1) is 5.92 Å². The summed E-state index contributed by atoms with van der Waals surface area (Å²) >= 11 is 0. The summed E-state index contributed by atoms with van der Waals surface area (Å²) in [6.45, 7) is 8.48. The molecule has 0 spiro atoms. The third kappa shape index (κ3) is 8.44. The first kappa shape index (κ1) is 22.3. The number of amides is 3. The minimum atomic E-state index is -0.711. The van der Waals surface area contributed by atoms with Crippen LogP contribution in [0.3, 0.4) is 0 Å². The van der Waals surface area contributed by atoms with Gasteiger partial charge in [-0.05, 0) is 37.5 Å². The highest BCUT2D eigenvalue weighted by atomic mass is 16.5. The highest BCUT2D eigenvalue weighted by Gasteiger charge is 2.15. The van der Waals surface area contributed by atoms with Crippen LogP contribution in [0.4, 0.5) is 4.79 Å². The van der Waals surface area contributed by atoms with Gasteiger partial charge in [0.15, 0.2) is 18.1 Å². The van der Waals surface area contributed by atoms with Gasteiger partial charge < -0.3 is 19.5 Å². The van der Waals surface area contributed by atoms with E-state index in [4.69, 9.17) is 14.2 Å². The summed E-state index contributed by atoms with van der Waals surface area (Å²) in [4.78, 5) is 35.3. The second-order valence-corrected chi connectivity index (χ2v) is 6.17. The molecule has 0 aromatic heterocycles. The number of benzene rings is 1. The van der Waals surface area contributed by atoms with Crippen LogP contribution in [-0.4, -0.2) is 44.3 Å². The molecule has 0 aliphatic carbocycles. The second-order valence-electron chi connectivity index (χ2n) is 6.17. The Morgan fingerprint density at radius 3 is 2.44 bits per heavy atom. The number of hydrogen-bond acceptors (Lipinski definition) is 6. The Hall–Kier alpha value is -2.77. The molecular formula is C19H28N2O6. The van der Waals surface area contributed by atoms with Crippen LogP contribution in [0.25, 0.3) is 0 Å². The molecule has 1 aromatic rings. The van der Waals surface area contributed by atoms with E-state index in [2.05, 4.69) is 10.6 Å². The van der Waals surface area contributed by atoms with Gasteiger partial charge in [0.1, 0.15) is 0 Å². The van der Waals surface area contributed by atoms with Crippen LogP contribution in [0.2, 0.25) is 0 Å². The Bertz CT molecular complexity index is 645. The normalized spacial score (nSPS) is 10.3. The minimum Gasteiger partial charge on any atom is -0.490 e. The molecule has 150 valence electrons. The molecule has 0 saturated heterocycles. The largest absolute Gasteiger partial charge is 0.490 e. The van der Waals surface area contributed by atoms with Crippen LogP contribution >= 0.6 is 0 Å². The molecule has 8 heteroatoms. The molecule has 0 bridgehead atoms. The molecule has 0 atom stereocenters. The fraction of sp³-hybridized carbons (Fsp3) is 0.526. The molecule has 0 radical (unpaired) electrons. The molecule has 27 heavy (non-hydrogen) atoms. The Balaban J connectivity index is 2.59. The van der Waals surface area contributed by atoms with Crippen molar-refractivity contribution in [2.24, 2.45) is 5.92 Å². The number of rotatable bonds is 10. The second kappa shape index (κ2) is 11.8. The van der Waals surface area contributed by atoms with Gasteiger partial charge in [-0.25, -0.2) is 9.59 Å². The van der Waals surface area contributed by atoms with Crippen molar-refractivity contribution in [3.8, 4) is 11.5 Å². The molecule has 0 aliphatic rings. The van der Waals surface area contributed by atoms with Crippen LogP contribution in [-0.2, 0) is 9.53 Å². The highest BCUT2D eigenvalue weighted by molar-refractivity contribution is 5.97. The highest BCUT2D eigenvalue weighted by Crippen LogP contribution is 2.29. The first-order valence-electron chi connectivity index (χ1n) is 9.01. The Morgan fingerprint density at radius 2 is 1.81 bits per heavy atom. The van der Waals surface area contributed by atoms with Crippen LogP contribution in [0.1, 0.15) is 44.5 Å². The van der Waals surface area contributed by atoms with E-state index in [1.165, 1.54) is 12.1 Å². The van der Waals surface area contributed by atoms with Crippen molar-refractivity contribution in [2.45, 2.75) is 34.1 Å². The third-order valence-electron chi connectivity index (χ3n) is 3.20. The van der Waals surface area contributed by atoms with E-state index >= 15 is 0 Å². The number of hydrogen-bond donors (Lipinski definition) is 2. The van der Waals surface area contributed by atoms with Gasteiger partial charge in [0.05, 0.1) is 18.8 Å². The Labute approximate surface area is 159 Å². The smallest absolute Gasteiger partial charge is 0.338 e. The Morgan fingerprint density at radius 1 is 1.07 bits per heavy atom. The summed E-state index contributed by atoms with van der Waals surface area (Å²) in [7, 11) is 0. The monoisotopic (exact) mass is 380 g/mol. The quantitative estimate of drug-likeness (QED) is 0.605. The molecule has 0 saturated carbocycles. The number of carbonyl (C=O) groups excluding carboxylic acids is 3. The summed E-state index contributed by atoms with van der Waals surface area (Å²) in [6, 6.07) is 4.03. The first-order valence-corrected chi connectivity index (χ1v) is 9.01. The molecule has 0 unspecified atom stereocenters. The van der Waals surface area contributed by atoms with E-state index in [0.717, 1.165) is 6.42 Å². The van der Waals surface area contributed by atoms with Crippen molar-refractivity contribution >= 4 is 17.9 Å². The lowest BCUT2D eigenvalue weighted by molar-refractivity contribution is -0.123. The zero-order valence-corrected chi connectivity index (χ0v) is 16.3. The van der Waals surface area contributed by atoms with Crippen molar-refractivity contribution in [2.75, 3.05) is 26.4 Å². The lowest BCUT2D eigenvalue weighted by atomic mass is 10.2. The molecular weight excluding hydrogens is 352 g/mol. The maximum absolute atomic E-state index is 12.1. The lowest BCUT2D eigenvalue weighted by Gasteiger charge is -2.13. The number of carbonyl (C=O) groups is 3. The maximum Gasteiger partial charge on any atom is 0.338 e. The molecule has 0 fully saturated rings. The molecule has 2 N–H and O–H groups in total. The van der Waals surface area contributed by atoms with Crippen molar-refractivity contribution in [3.63, 3.8) is 0 Å². The van der Waals surface area contributed by atoms with E-state index in [9.17, 15) is 14.4 Å². The molecule has 1 rings (SSSR count). The van der Waals surface area contributed by atoms with Crippen LogP contribution in [0.15, 0.2) is 18.2 Å². The van der Waals surface area contributed by atoms with Gasteiger partial charge in [-0.15, -0.1) is 0 Å². The first-order chi connectivity index (χ1) is 12.9. The predicted molar refractivity (Wildman–Crippen MR) is 100 cm³/mol. The van der Waals surface area contributed by atoms with E-state index in [1.54, 1.807) is 6.07 Å². The van der Waals surface area contributed by atoms with E-state index < -0.39 is 24.5 Å². The van der Waals surface area contributed by atoms with Crippen molar-refractivity contribution < 1.29 is 28.6 Å². The summed E-state index contributed by atoms with van der Waals surface area (Å²) in [5.74, 6) is -0.187. The summed E-state index contributed by atoms with van der Waals surface area (Å²) < 4.78 is 16.0. The maximum atomic E-state index is 12.1. The van der Waals surface area contributed by atoms with Gasteiger partial charge in [-0.2, -0.15) is 0 Å². The summed E-state index contributed by atoms with van der Waals surface area (Å²) in [6.07, 6.45) is 0.842. The van der Waals surface area contributed by atoms with Crippen molar-refractivity contribution in [3.05, 3.63) is 23.8 Å². The SMILES string of the molecule is CCCOc1ccc(C(=O)OCC(=O)NC(=O)NCC(C)C)cc1OCC. The summed E-state index contributed by atoms with van der Waals surface area (Å²) in [5.41, 5.74) is 0.222. The molecule has 1 aromatic carbocycles.